The molecule has 0 bridgehead atoms. The van der Waals surface area contributed by atoms with Gasteiger partial charge in [0.15, 0.2) is 5.78 Å². The largest absolute Gasteiger partial charge is 0.462 e. The number of anilines is 1. The van der Waals surface area contributed by atoms with Crippen molar-refractivity contribution in [3.05, 3.63) is 57.6 Å². The Balaban J connectivity index is 1.99. The van der Waals surface area contributed by atoms with Crippen LogP contribution in [0.25, 0.3) is 10.2 Å². The highest BCUT2D eigenvalue weighted by molar-refractivity contribution is 7.21. The Morgan fingerprint density at radius 3 is 2.67 bits per heavy atom. The number of carbonyl (C=O) groups excluding carboxylic acids is 2. The van der Waals surface area contributed by atoms with Gasteiger partial charge >= 0.3 is 5.97 Å². The number of rotatable bonds is 4. The number of aryl methyl sites for hydroxylation is 1. The van der Waals surface area contributed by atoms with Gasteiger partial charge in [0.05, 0.1) is 12.3 Å². The summed E-state index contributed by atoms with van der Waals surface area (Å²) in [5.41, 5.74) is 9.77. The lowest BCUT2D eigenvalue weighted by Crippen LogP contribution is -2.14. The molecule has 0 spiro atoms. The van der Waals surface area contributed by atoms with Gasteiger partial charge in [0.2, 0.25) is 0 Å². The van der Waals surface area contributed by atoms with E-state index in [1.54, 1.807) is 19.1 Å². The van der Waals surface area contributed by atoms with Gasteiger partial charge in [-0.2, -0.15) is 0 Å². The number of ether oxygens (including phenoxy) is 1. The van der Waals surface area contributed by atoms with E-state index in [0.717, 1.165) is 36.9 Å². The highest BCUT2D eigenvalue weighted by atomic mass is 32.1. The maximum atomic E-state index is 13.4. The minimum atomic E-state index is -0.464. The molecule has 0 saturated heterocycles. The molecule has 3 aromatic rings. The van der Waals surface area contributed by atoms with Crippen molar-refractivity contribution in [2.45, 2.75) is 32.6 Å². The number of carbonyl (C=O) groups is 2. The molecule has 5 nitrogen and oxygen atoms in total. The van der Waals surface area contributed by atoms with Crippen molar-refractivity contribution in [1.82, 2.24) is 4.98 Å². The van der Waals surface area contributed by atoms with E-state index in [9.17, 15) is 9.59 Å². The van der Waals surface area contributed by atoms with Gasteiger partial charge in [-0.25, -0.2) is 9.78 Å². The number of thiophene rings is 1. The van der Waals surface area contributed by atoms with Crippen LogP contribution in [0.2, 0.25) is 0 Å². The predicted octanol–water partition coefficient (Wildman–Crippen LogP) is 4.17. The molecule has 2 heterocycles. The van der Waals surface area contributed by atoms with Crippen LogP contribution < -0.4 is 5.73 Å². The number of ketones is 1. The normalized spacial score (nSPS) is 13.4. The number of nitrogens with zero attached hydrogens (tertiary/aromatic N) is 1. The fourth-order valence-electron chi connectivity index (χ4n) is 3.64. The fourth-order valence-corrected chi connectivity index (χ4v) is 4.66. The standard InChI is InChI=1S/C21H20N2O3S/c1-2-26-21(25)19-17(22)16-15(18(24)12-8-4-3-5-9-12)13-10-6-7-11-14(13)23-20(16)27-19/h3-5,8-9H,2,6-7,10-11,22H2,1H3. The van der Waals surface area contributed by atoms with E-state index in [0.29, 0.717) is 31.9 Å². The van der Waals surface area contributed by atoms with E-state index < -0.39 is 5.97 Å². The second-order valence-corrected chi connectivity index (χ2v) is 7.56. The predicted molar refractivity (Wildman–Crippen MR) is 107 cm³/mol. The molecule has 0 fully saturated rings. The molecule has 1 aliphatic rings. The quantitative estimate of drug-likeness (QED) is 0.543. The zero-order valence-electron chi connectivity index (χ0n) is 15.1. The average Bonchev–Trinajstić information content (AvgIpc) is 3.03. The maximum Gasteiger partial charge on any atom is 0.350 e. The number of benzene rings is 1. The van der Waals surface area contributed by atoms with Gasteiger partial charge in [-0.15, -0.1) is 11.3 Å². The molecule has 0 amide bonds. The minimum absolute atomic E-state index is 0.0685. The van der Waals surface area contributed by atoms with Crippen LogP contribution in [-0.4, -0.2) is 23.3 Å². The molecule has 1 aromatic carbocycles. The summed E-state index contributed by atoms with van der Waals surface area (Å²) in [5, 5.41) is 0.595. The van der Waals surface area contributed by atoms with Crippen LogP contribution in [0.1, 0.15) is 56.6 Å². The molecule has 27 heavy (non-hydrogen) atoms. The third-order valence-electron chi connectivity index (χ3n) is 4.88. The molecule has 4 rings (SSSR count). The Morgan fingerprint density at radius 1 is 1.19 bits per heavy atom. The van der Waals surface area contributed by atoms with E-state index in [1.807, 2.05) is 18.2 Å². The van der Waals surface area contributed by atoms with Crippen molar-refractivity contribution in [3.8, 4) is 0 Å². The Kier molecular flexibility index (Phi) is 4.66. The van der Waals surface area contributed by atoms with Crippen LogP contribution in [0.5, 0.6) is 0 Å². The van der Waals surface area contributed by atoms with Gasteiger partial charge in [0.25, 0.3) is 0 Å². The fraction of sp³-hybridized carbons (Fsp3) is 0.286. The molecular weight excluding hydrogens is 360 g/mol. The van der Waals surface area contributed by atoms with Crippen molar-refractivity contribution in [1.29, 1.82) is 0 Å². The number of aromatic nitrogens is 1. The summed E-state index contributed by atoms with van der Waals surface area (Å²) in [6.07, 6.45) is 3.71. The van der Waals surface area contributed by atoms with Crippen LogP contribution in [0.3, 0.4) is 0 Å². The molecular formula is C21H20N2O3S. The van der Waals surface area contributed by atoms with Crippen molar-refractivity contribution in [2.24, 2.45) is 0 Å². The lowest BCUT2D eigenvalue weighted by atomic mass is 9.87. The monoisotopic (exact) mass is 380 g/mol. The molecule has 0 aliphatic heterocycles. The third-order valence-corrected chi connectivity index (χ3v) is 5.96. The van der Waals surface area contributed by atoms with Crippen LogP contribution >= 0.6 is 11.3 Å². The van der Waals surface area contributed by atoms with E-state index in [-0.39, 0.29) is 12.4 Å². The summed E-state index contributed by atoms with van der Waals surface area (Å²) in [7, 11) is 0. The first-order chi connectivity index (χ1) is 13.1. The van der Waals surface area contributed by atoms with Crippen LogP contribution in [-0.2, 0) is 17.6 Å². The SMILES string of the molecule is CCOC(=O)c1sc2nc3c(c(C(=O)c4ccccc4)c2c1N)CCCC3. The van der Waals surface area contributed by atoms with E-state index in [2.05, 4.69) is 0 Å². The van der Waals surface area contributed by atoms with Gasteiger partial charge in [-0.1, -0.05) is 30.3 Å². The van der Waals surface area contributed by atoms with E-state index >= 15 is 0 Å². The molecule has 0 atom stereocenters. The first-order valence-electron chi connectivity index (χ1n) is 9.12. The number of fused-ring (bicyclic) bond motifs is 2. The Hall–Kier alpha value is -2.73. The number of pyridine rings is 1. The van der Waals surface area contributed by atoms with Gasteiger partial charge in [-0.05, 0) is 38.2 Å². The number of nitrogens with two attached hydrogens (primary N) is 1. The van der Waals surface area contributed by atoms with Crippen LogP contribution in [0.4, 0.5) is 5.69 Å². The molecule has 0 saturated carbocycles. The molecule has 6 heteroatoms. The molecule has 2 aromatic heterocycles. The summed E-state index contributed by atoms with van der Waals surface area (Å²) in [4.78, 5) is 31.4. The van der Waals surface area contributed by atoms with E-state index in [4.69, 9.17) is 15.5 Å². The van der Waals surface area contributed by atoms with Gasteiger partial charge < -0.3 is 10.5 Å². The number of esters is 1. The molecule has 2 N–H and O–H groups in total. The van der Waals surface area contributed by atoms with Crippen LogP contribution in [0.15, 0.2) is 30.3 Å². The van der Waals surface area contributed by atoms with Gasteiger partial charge in [0.1, 0.15) is 9.71 Å². The lowest BCUT2D eigenvalue weighted by Gasteiger charge is -2.19. The maximum absolute atomic E-state index is 13.4. The highest BCUT2D eigenvalue weighted by Crippen LogP contribution is 2.40. The number of hydrogen-bond acceptors (Lipinski definition) is 6. The minimum Gasteiger partial charge on any atom is -0.462 e. The second-order valence-electron chi connectivity index (χ2n) is 6.56. The second kappa shape index (κ2) is 7.12. The zero-order valence-corrected chi connectivity index (χ0v) is 15.9. The third kappa shape index (κ3) is 3.00. The zero-order chi connectivity index (χ0) is 19.0. The highest BCUT2D eigenvalue weighted by Gasteiger charge is 2.28. The van der Waals surface area contributed by atoms with Crippen molar-refractivity contribution in [2.75, 3.05) is 12.3 Å². The van der Waals surface area contributed by atoms with Crippen molar-refractivity contribution in [3.63, 3.8) is 0 Å². The molecule has 1 aliphatic carbocycles. The topological polar surface area (TPSA) is 82.3 Å². The summed E-state index contributed by atoms with van der Waals surface area (Å²) in [5.74, 6) is -0.532. The number of hydrogen-bond donors (Lipinski definition) is 1. The van der Waals surface area contributed by atoms with Crippen molar-refractivity contribution >= 4 is 39.0 Å². The Bertz CT molecular complexity index is 1040. The first-order valence-corrected chi connectivity index (χ1v) is 9.94. The van der Waals surface area contributed by atoms with Gasteiger partial charge in [0, 0.05) is 22.2 Å². The van der Waals surface area contributed by atoms with Crippen LogP contribution in [0, 0.1) is 0 Å². The number of nitrogen functional groups attached to an aromatic ring is 1. The summed E-state index contributed by atoms with van der Waals surface area (Å²) < 4.78 is 5.13. The Morgan fingerprint density at radius 2 is 1.93 bits per heavy atom. The molecule has 0 radical (unpaired) electrons. The van der Waals surface area contributed by atoms with Gasteiger partial charge in [-0.3, -0.25) is 4.79 Å². The molecule has 138 valence electrons. The Labute approximate surface area is 161 Å². The lowest BCUT2D eigenvalue weighted by molar-refractivity contribution is 0.0533. The smallest absolute Gasteiger partial charge is 0.350 e. The summed E-state index contributed by atoms with van der Waals surface area (Å²) >= 11 is 1.21. The first kappa shape index (κ1) is 17.7. The van der Waals surface area contributed by atoms with E-state index in [1.165, 1.54) is 11.3 Å². The average molecular weight is 380 g/mol. The van der Waals surface area contributed by atoms with Crippen molar-refractivity contribution < 1.29 is 14.3 Å². The molecule has 0 unspecified atom stereocenters. The summed E-state index contributed by atoms with van der Waals surface area (Å²) in [6.45, 7) is 2.02. The summed E-state index contributed by atoms with van der Waals surface area (Å²) in [6, 6.07) is 9.18.